The van der Waals surface area contributed by atoms with E-state index in [1.54, 1.807) is 29.1 Å². The Morgan fingerprint density at radius 3 is 2.75 bits per heavy atom. The lowest BCUT2D eigenvalue weighted by molar-refractivity contribution is -0.757. The monoisotopic (exact) mass is 396 g/mol. The van der Waals surface area contributed by atoms with Gasteiger partial charge in [0.2, 0.25) is 0 Å². The molecule has 156 valence electrons. The van der Waals surface area contributed by atoms with E-state index in [1.165, 1.54) is 0 Å². The minimum atomic E-state index is -0.915. The molecule has 1 heterocycles. The zero-order valence-corrected chi connectivity index (χ0v) is 16.8. The number of nitrogens with one attached hydrogen (secondary N) is 1. The quantitative estimate of drug-likeness (QED) is 0.180. The van der Waals surface area contributed by atoms with E-state index in [-0.39, 0.29) is 31.3 Å². The zero-order chi connectivity index (χ0) is 21.0. The number of nitrogens with zero attached hydrogens (tertiary/aromatic N) is 2. The van der Waals surface area contributed by atoms with Crippen LogP contribution < -0.4 is 9.88 Å². The predicted molar refractivity (Wildman–Crippen MR) is 101 cm³/mol. The van der Waals surface area contributed by atoms with Gasteiger partial charge in [-0.05, 0) is 17.9 Å². The SMILES string of the molecule is CCCCCC(C)(C)CC(=O)OC[n+]1cccc(C(=O)NCCO[N+](=O)[O-])c1. The van der Waals surface area contributed by atoms with Gasteiger partial charge in [-0.3, -0.25) is 9.59 Å². The number of amides is 1. The third kappa shape index (κ3) is 9.84. The third-order valence-corrected chi connectivity index (χ3v) is 4.16. The highest BCUT2D eigenvalue weighted by Crippen LogP contribution is 2.28. The molecule has 1 aromatic rings. The summed E-state index contributed by atoms with van der Waals surface area (Å²) in [4.78, 5) is 38.4. The van der Waals surface area contributed by atoms with Crippen LogP contribution in [0.2, 0.25) is 0 Å². The first-order chi connectivity index (χ1) is 13.2. The Kier molecular flexibility index (Phi) is 9.91. The van der Waals surface area contributed by atoms with Gasteiger partial charge < -0.3 is 14.9 Å². The molecule has 0 radical (unpaired) electrons. The molecule has 1 N–H and O–H groups in total. The standard InChI is InChI=1S/C19H29N3O6/c1-4-5-6-9-19(2,3)13-17(23)27-15-21-11-7-8-16(14-21)18(24)20-10-12-28-22(25)26/h7-8,11,14H,4-6,9-10,12-13,15H2,1-3H3/p+1. The summed E-state index contributed by atoms with van der Waals surface area (Å²) in [5.41, 5.74) is 0.240. The Morgan fingerprint density at radius 2 is 2.07 bits per heavy atom. The molecule has 0 unspecified atom stereocenters. The van der Waals surface area contributed by atoms with Crippen molar-refractivity contribution in [2.24, 2.45) is 5.41 Å². The van der Waals surface area contributed by atoms with Crippen molar-refractivity contribution in [3.8, 4) is 0 Å². The van der Waals surface area contributed by atoms with E-state index >= 15 is 0 Å². The molecular weight excluding hydrogens is 366 g/mol. The largest absolute Gasteiger partial charge is 0.405 e. The maximum atomic E-state index is 12.1. The highest BCUT2D eigenvalue weighted by molar-refractivity contribution is 5.93. The molecule has 0 bridgehead atoms. The van der Waals surface area contributed by atoms with Crippen LogP contribution in [0.25, 0.3) is 0 Å². The van der Waals surface area contributed by atoms with Crippen molar-refractivity contribution in [2.45, 2.75) is 59.6 Å². The van der Waals surface area contributed by atoms with Gasteiger partial charge in [-0.1, -0.05) is 40.0 Å². The van der Waals surface area contributed by atoms with E-state index in [2.05, 4.69) is 30.9 Å². The molecule has 0 saturated heterocycles. The molecule has 0 aliphatic heterocycles. The van der Waals surface area contributed by atoms with Crippen molar-refractivity contribution in [1.82, 2.24) is 5.32 Å². The van der Waals surface area contributed by atoms with Gasteiger partial charge in [0.25, 0.3) is 17.7 Å². The summed E-state index contributed by atoms with van der Waals surface area (Å²) in [5.74, 6) is -0.675. The highest BCUT2D eigenvalue weighted by atomic mass is 16.9. The van der Waals surface area contributed by atoms with Crippen LogP contribution in [0.4, 0.5) is 0 Å². The maximum absolute atomic E-state index is 12.1. The summed E-state index contributed by atoms with van der Waals surface area (Å²) >= 11 is 0. The van der Waals surface area contributed by atoms with Crippen molar-refractivity contribution in [1.29, 1.82) is 0 Å². The lowest BCUT2D eigenvalue weighted by Gasteiger charge is -2.22. The number of carbonyl (C=O) groups excluding carboxylic acids is 2. The number of unbranched alkanes of at least 4 members (excludes halogenated alkanes) is 2. The molecule has 1 rings (SSSR count). The normalized spacial score (nSPS) is 11.0. The van der Waals surface area contributed by atoms with Crippen LogP contribution in [0.1, 0.15) is 63.2 Å². The summed E-state index contributed by atoms with van der Waals surface area (Å²) in [6.07, 6.45) is 7.93. The number of carbonyl (C=O) groups is 2. The number of hydrogen-bond acceptors (Lipinski definition) is 6. The lowest BCUT2D eigenvalue weighted by Crippen LogP contribution is -2.38. The van der Waals surface area contributed by atoms with Crippen LogP contribution in [-0.2, 0) is 21.1 Å². The molecule has 0 aliphatic carbocycles. The Balaban J connectivity index is 2.46. The third-order valence-electron chi connectivity index (χ3n) is 4.16. The number of aromatic nitrogens is 1. The average molecular weight is 396 g/mol. The van der Waals surface area contributed by atoms with Crippen molar-refractivity contribution in [2.75, 3.05) is 13.2 Å². The second kappa shape index (κ2) is 11.9. The van der Waals surface area contributed by atoms with Gasteiger partial charge in [-0.15, -0.1) is 10.1 Å². The van der Waals surface area contributed by atoms with E-state index in [1.807, 2.05) is 0 Å². The first-order valence-electron chi connectivity index (χ1n) is 9.44. The van der Waals surface area contributed by atoms with Crippen molar-refractivity contribution in [3.63, 3.8) is 0 Å². The van der Waals surface area contributed by atoms with Gasteiger partial charge in [-0.2, -0.15) is 4.57 Å². The van der Waals surface area contributed by atoms with Crippen LogP contribution in [0, 0.1) is 15.5 Å². The summed E-state index contributed by atoms with van der Waals surface area (Å²) in [6.45, 7) is 6.06. The molecule has 1 amide bonds. The maximum Gasteiger partial charge on any atom is 0.311 e. The molecular formula is C19H30N3O6+. The van der Waals surface area contributed by atoms with Gasteiger partial charge in [0, 0.05) is 12.6 Å². The summed E-state index contributed by atoms with van der Waals surface area (Å²) in [6, 6.07) is 3.25. The van der Waals surface area contributed by atoms with E-state index in [0.29, 0.717) is 12.0 Å². The second-order valence-corrected chi connectivity index (χ2v) is 7.36. The fraction of sp³-hybridized carbons (Fsp3) is 0.632. The second-order valence-electron chi connectivity index (χ2n) is 7.36. The minimum Gasteiger partial charge on any atom is -0.405 e. The van der Waals surface area contributed by atoms with Crippen molar-refractivity contribution in [3.05, 3.63) is 40.2 Å². The molecule has 9 nitrogen and oxygen atoms in total. The van der Waals surface area contributed by atoms with E-state index < -0.39 is 11.0 Å². The average Bonchev–Trinajstić information content (AvgIpc) is 2.63. The van der Waals surface area contributed by atoms with Gasteiger partial charge in [0.1, 0.15) is 12.2 Å². The molecule has 0 aromatic carbocycles. The first kappa shape index (κ1) is 23.3. The molecule has 0 fully saturated rings. The number of esters is 1. The fourth-order valence-electron chi connectivity index (χ4n) is 2.65. The topological polar surface area (TPSA) is 112 Å². The Labute approximate surface area is 165 Å². The first-order valence-corrected chi connectivity index (χ1v) is 9.44. The fourth-order valence-corrected chi connectivity index (χ4v) is 2.65. The van der Waals surface area contributed by atoms with Crippen LogP contribution >= 0.6 is 0 Å². The predicted octanol–water partition coefficient (Wildman–Crippen LogP) is 2.41. The Hall–Kier alpha value is -2.71. The van der Waals surface area contributed by atoms with Gasteiger partial charge in [0.15, 0.2) is 12.4 Å². The van der Waals surface area contributed by atoms with E-state index in [4.69, 9.17) is 4.74 Å². The smallest absolute Gasteiger partial charge is 0.311 e. The number of rotatable bonds is 13. The number of hydrogen-bond donors (Lipinski definition) is 1. The van der Waals surface area contributed by atoms with Crippen molar-refractivity contribution >= 4 is 11.9 Å². The Bertz CT molecular complexity index is 663. The minimum absolute atomic E-state index is 0.00935. The van der Waals surface area contributed by atoms with Gasteiger partial charge >= 0.3 is 5.97 Å². The summed E-state index contributed by atoms with van der Waals surface area (Å²) < 4.78 is 6.91. The number of ether oxygens (including phenoxy) is 1. The van der Waals surface area contributed by atoms with Gasteiger partial charge in [-0.25, -0.2) is 0 Å². The van der Waals surface area contributed by atoms with Crippen LogP contribution in [0.3, 0.4) is 0 Å². The van der Waals surface area contributed by atoms with E-state index in [0.717, 1.165) is 25.7 Å². The molecule has 0 atom stereocenters. The van der Waals surface area contributed by atoms with Crippen molar-refractivity contribution < 1.29 is 28.8 Å². The van der Waals surface area contributed by atoms with E-state index in [9.17, 15) is 19.7 Å². The summed E-state index contributed by atoms with van der Waals surface area (Å²) in [5, 5.41) is 11.7. The molecule has 0 spiro atoms. The molecule has 0 saturated carbocycles. The summed E-state index contributed by atoms with van der Waals surface area (Å²) in [7, 11) is 0. The van der Waals surface area contributed by atoms with Gasteiger partial charge in [0.05, 0.1) is 6.42 Å². The van der Waals surface area contributed by atoms with Crippen LogP contribution in [-0.4, -0.2) is 30.1 Å². The van der Waals surface area contributed by atoms with Crippen LogP contribution in [0.15, 0.2) is 24.5 Å². The lowest BCUT2D eigenvalue weighted by atomic mass is 9.84. The molecule has 9 heteroatoms. The zero-order valence-electron chi connectivity index (χ0n) is 16.8. The highest BCUT2D eigenvalue weighted by Gasteiger charge is 2.23. The number of pyridine rings is 1. The van der Waals surface area contributed by atoms with Crippen LogP contribution in [0.5, 0.6) is 0 Å². The molecule has 1 aromatic heterocycles. The molecule has 28 heavy (non-hydrogen) atoms. The Morgan fingerprint density at radius 1 is 1.32 bits per heavy atom. The molecule has 0 aliphatic rings.